The quantitative estimate of drug-likeness (QED) is 0.835. The minimum absolute atomic E-state index is 0.474. The third-order valence-corrected chi connectivity index (χ3v) is 3.70. The van der Waals surface area contributed by atoms with Crippen LogP contribution in [0.25, 0.3) is 0 Å². The predicted molar refractivity (Wildman–Crippen MR) is 64.9 cm³/mol. The zero-order valence-corrected chi connectivity index (χ0v) is 10.1. The average Bonchev–Trinajstić information content (AvgIpc) is 2.70. The van der Waals surface area contributed by atoms with Gasteiger partial charge in [0.15, 0.2) is 0 Å². The summed E-state index contributed by atoms with van der Waals surface area (Å²) in [7, 11) is 1.99. The molecule has 0 aromatic heterocycles. The molecular weight excluding hydrogens is 231 g/mol. The van der Waals surface area contributed by atoms with Gasteiger partial charge in [0.25, 0.3) is 0 Å². The van der Waals surface area contributed by atoms with Crippen molar-refractivity contribution in [2.75, 3.05) is 20.1 Å². The summed E-state index contributed by atoms with van der Waals surface area (Å²) in [5.74, 6) is 0.477. The van der Waals surface area contributed by atoms with Gasteiger partial charge in [-0.1, -0.05) is 29.3 Å². The van der Waals surface area contributed by atoms with Crippen molar-refractivity contribution in [3.63, 3.8) is 0 Å². The molecule has 2 atom stereocenters. The van der Waals surface area contributed by atoms with Gasteiger partial charge >= 0.3 is 0 Å². The summed E-state index contributed by atoms with van der Waals surface area (Å²) < 4.78 is 0. The minimum atomic E-state index is 0.474. The number of hydrogen-bond acceptors (Lipinski definition) is 2. The van der Waals surface area contributed by atoms with Crippen LogP contribution in [0.2, 0.25) is 10.0 Å². The topological polar surface area (TPSA) is 24.1 Å². The molecule has 0 aliphatic carbocycles. The van der Waals surface area contributed by atoms with E-state index in [2.05, 4.69) is 16.7 Å². The average molecular weight is 245 g/mol. The lowest BCUT2D eigenvalue weighted by Gasteiger charge is -2.18. The molecule has 15 heavy (non-hydrogen) atoms. The zero-order valence-electron chi connectivity index (χ0n) is 8.56. The molecule has 0 radical (unpaired) electrons. The molecule has 0 amide bonds. The van der Waals surface area contributed by atoms with Gasteiger partial charge in [-0.3, -0.25) is 0 Å². The maximum atomic E-state index is 6.01. The van der Waals surface area contributed by atoms with Crippen LogP contribution in [-0.2, 0) is 0 Å². The molecule has 1 aromatic rings. The van der Waals surface area contributed by atoms with E-state index in [4.69, 9.17) is 23.2 Å². The Bertz CT molecular complexity index is 354. The highest BCUT2D eigenvalue weighted by molar-refractivity contribution is 6.42. The van der Waals surface area contributed by atoms with Gasteiger partial charge in [0.05, 0.1) is 10.0 Å². The molecular formula is C11H14Cl2N2. The second-order valence-corrected chi connectivity index (χ2v) is 4.65. The second-order valence-electron chi connectivity index (χ2n) is 3.83. The van der Waals surface area contributed by atoms with Crippen molar-refractivity contribution < 1.29 is 0 Å². The van der Waals surface area contributed by atoms with Gasteiger partial charge in [0.1, 0.15) is 0 Å². The van der Waals surface area contributed by atoms with Crippen molar-refractivity contribution in [2.24, 2.45) is 0 Å². The lowest BCUT2D eigenvalue weighted by Crippen LogP contribution is -2.31. The SMILES string of the molecule is CN[C@H]1CNC[C@@H]1c1ccc(Cl)c(Cl)c1. The first kappa shape index (κ1) is 11.2. The van der Waals surface area contributed by atoms with Gasteiger partial charge in [-0.2, -0.15) is 0 Å². The number of benzene rings is 1. The molecule has 0 saturated carbocycles. The summed E-state index contributed by atoms with van der Waals surface area (Å²) >= 11 is 11.9. The Morgan fingerprint density at radius 2 is 2.07 bits per heavy atom. The van der Waals surface area contributed by atoms with Crippen LogP contribution in [-0.4, -0.2) is 26.2 Å². The van der Waals surface area contributed by atoms with Crippen LogP contribution in [0.4, 0.5) is 0 Å². The van der Waals surface area contributed by atoms with Gasteiger partial charge in [-0.05, 0) is 24.7 Å². The van der Waals surface area contributed by atoms with E-state index in [-0.39, 0.29) is 0 Å². The van der Waals surface area contributed by atoms with E-state index in [0.29, 0.717) is 22.0 Å². The smallest absolute Gasteiger partial charge is 0.0595 e. The summed E-state index contributed by atoms with van der Waals surface area (Å²) in [6, 6.07) is 6.36. The molecule has 0 spiro atoms. The normalized spacial score (nSPS) is 25.8. The molecule has 2 rings (SSSR count). The molecule has 1 heterocycles. The van der Waals surface area contributed by atoms with Crippen LogP contribution in [0.5, 0.6) is 0 Å². The molecule has 2 N–H and O–H groups in total. The van der Waals surface area contributed by atoms with Crippen LogP contribution in [0.1, 0.15) is 11.5 Å². The van der Waals surface area contributed by atoms with Crippen molar-refractivity contribution in [3.8, 4) is 0 Å². The standard InChI is InChI=1S/C11H14Cl2N2/c1-14-11-6-15-5-8(11)7-2-3-9(12)10(13)4-7/h2-4,8,11,14-15H,5-6H2,1H3/t8-,11+/m1/s1. The Balaban J connectivity index is 2.25. The summed E-state index contributed by atoms with van der Waals surface area (Å²) in [5, 5.41) is 7.93. The third kappa shape index (κ3) is 2.28. The third-order valence-electron chi connectivity index (χ3n) is 2.96. The first-order chi connectivity index (χ1) is 7.22. The van der Waals surface area contributed by atoms with Crippen LogP contribution in [0, 0.1) is 0 Å². The van der Waals surface area contributed by atoms with Gasteiger partial charge in [-0.25, -0.2) is 0 Å². The largest absolute Gasteiger partial charge is 0.315 e. The summed E-state index contributed by atoms with van der Waals surface area (Å²) in [4.78, 5) is 0. The maximum absolute atomic E-state index is 6.01. The van der Waals surface area contributed by atoms with E-state index in [1.807, 2.05) is 19.2 Å². The first-order valence-electron chi connectivity index (χ1n) is 5.05. The van der Waals surface area contributed by atoms with E-state index >= 15 is 0 Å². The molecule has 1 aliphatic rings. The zero-order chi connectivity index (χ0) is 10.8. The Labute approximate surface area is 100.0 Å². The maximum Gasteiger partial charge on any atom is 0.0595 e. The highest BCUT2D eigenvalue weighted by Gasteiger charge is 2.27. The molecule has 82 valence electrons. The van der Waals surface area contributed by atoms with Crippen LogP contribution in [0.3, 0.4) is 0 Å². The fourth-order valence-corrected chi connectivity index (χ4v) is 2.38. The van der Waals surface area contributed by atoms with Gasteiger partial charge in [-0.15, -0.1) is 0 Å². The molecule has 1 fully saturated rings. The van der Waals surface area contributed by atoms with Crippen LogP contribution < -0.4 is 10.6 Å². The van der Waals surface area contributed by atoms with E-state index in [1.54, 1.807) is 0 Å². The highest BCUT2D eigenvalue weighted by atomic mass is 35.5. The van der Waals surface area contributed by atoms with Crippen molar-refractivity contribution in [1.82, 2.24) is 10.6 Å². The summed E-state index contributed by atoms with van der Waals surface area (Å²) in [6.45, 7) is 1.99. The van der Waals surface area contributed by atoms with Crippen molar-refractivity contribution in [3.05, 3.63) is 33.8 Å². The molecule has 2 nitrogen and oxygen atoms in total. The van der Waals surface area contributed by atoms with Gasteiger partial charge in [0, 0.05) is 25.0 Å². The van der Waals surface area contributed by atoms with Crippen LogP contribution >= 0.6 is 23.2 Å². The number of halogens is 2. The molecule has 4 heteroatoms. The lowest BCUT2D eigenvalue weighted by molar-refractivity contribution is 0.553. The molecule has 1 saturated heterocycles. The molecule has 0 bridgehead atoms. The number of rotatable bonds is 2. The summed E-state index contributed by atoms with van der Waals surface area (Å²) in [6.07, 6.45) is 0. The van der Waals surface area contributed by atoms with E-state index in [9.17, 15) is 0 Å². The van der Waals surface area contributed by atoms with Gasteiger partial charge < -0.3 is 10.6 Å². The van der Waals surface area contributed by atoms with E-state index < -0.39 is 0 Å². The van der Waals surface area contributed by atoms with Crippen molar-refractivity contribution in [1.29, 1.82) is 0 Å². The monoisotopic (exact) mass is 244 g/mol. The number of nitrogens with one attached hydrogen (secondary N) is 2. The van der Waals surface area contributed by atoms with Crippen LogP contribution in [0.15, 0.2) is 18.2 Å². The second kappa shape index (κ2) is 4.71. The molecule has 1 aromatic carbocycles. The Hall–Kier alpha value is -0.280. The molecule has 0 unspecified atom stereocenters. The summed E-state index contributed by atoms with van der Waals surface area (Å²) in [5.41, 5.74) is 1.24. The predicted octanol–water partition coefficient (Wildman–Crippen LogP) is 2.27. The van der Waals surface area contributed by atoms with E-state index in [0.717, 1.165) is 13.1 Å². The van der Waals surface area contributed by atoms with Crippen molar-refractivity contribution in [2.45, 2.75) is 12.0 Å². The van der Waals surface area contributed by atoms with Crippen molar-refractivity contribution >= 4 is 23.2 Å². The van der Waals surface area contributed by atoms with Gasteiger partial charge in [0.2, 0.25) is 0 Å². The Morgan fingerprint density at radius 3 is 2.73 bits per heavy atom. The fourth-order valence-electron chi connectivity index (χ4n) is 2.08. The Kier molecular flexibility index (Phi) is 3.52. The number of hydrogen-bond donors (Lipinski definition) is 2. The first-order valence-corrected chi connectivity index (χ1v) is 5.81. The van der Waals surface area contributed by atoms with E-state index in [1.165, 1.54) is 5.56 Å². The molecule has 1 aliphatic heterocycles. The highest BCUT2D eigenvalue weighted by Crippen LogP contribution is 2.29. The number of likely N-dealkylation sites (N-methyl/N-ethyl adjacent to an activating group) is 1. The Morgan fingerprint density at radius 1 is 1.27 bits per heavy atom. The lowest BCUT2D eigenvalue weighted by atomic mass is 9.94. The minimum Gasteiger partial charge on any atom is -0.315 e. The fraction of sp³-hybridized carbons (Fsp3) is 0.455.